The van der Waals surface area contributed by atoms with Gasteiger partial charge in [-0.1, -0.05) is 42.3 Å². The highest BCUT2D eigenvalue weighted by molar-refractivity contribution is 6.35. The summed E-state index contributed by atoms with van der Waals surface area (Å²) in [5.41, 5.74) is 0.692. The second kappa shape index (κ2) is 11.2. The van der Waals surface area contributed by atoms with Crippen molar-refractivity contribution in [2.24, 2.45) is 0 Å². The summed E-state index contributed by atoms with van der Waals surface area (Å²) in [5.74, 6) is -0.741. The zero-order chi connectivity index (χ0) is 22.3. The molecular formula is C22H25Cl2FN2O3. The van der Waals surface area contributed by atoms with Crippen molar-refractivity contribution >= 4 is 35.0 Å². The van der Waals surface area contributed by atoms with Crippen molar-refractivity contribution in [3.05, 3.63) is 63.9 Å². The number of amides is 2. The van der Waals surface area contributed by atoms with Crippen LogP contribution in [0.4, 0.5) is 4.39 Å². The maximum absolute atomic E-state index is 13.2. The molecule has 0 saturated heterocycles. The smallest absolute Gasteiger partial charge is 0.261 e. The van der Waals surface area contributed by atoms with Crippen LogP contribution < -0.4 is 10.1 Å². The van der Waals surface area contributed by atoms with Gasteiger partial charge in [0.25, 0.3) is 5.91 Å². The number of hydrogen-bond acceptors (Lipinski definition) is 3. The van der Waals surface area contributed by atoms with Gasteiger partial charge in [0, 0.05) is 17.6 Å². The normalized spacial score (nSPS) is 12.7. The van der Waals surface area contributed by atoms with Crippen molar-refractivity contribution in [2.45, 2.75) is 45.8 Å². The van der Waals surface area contributed by atoms with E-state index in [-0.39, 0.29) is 35.9 Å². The lowest BCUT2D eigenvalue weighted by Crippen LogP contribution is -2.50. The second-order valence-corrected chi connectivity index (χ2v) is 7.85. The van der Waals surface area contributed by atoms with Crippen LogP contribution in [0.1, 0.15) is 32.8 Å². The summed E-state index contributed by atoms with van der Waals surface area (Å²) in [6.45, 7) is 5.31. The zero-order valence-electron chi connectivity index (χ0n) is 17.1. The predicted molar refractivity (Wildman–Crippen MR) is 116 cm³/mol. The van der Waals surface area contributed by atoms with Crippen molar-refractivity contribution < 1.29 is 18.7 Å². The van der Waals surface area contributed by atoms with Crippen molar-refractivity contribution in [1.82, 2.24) is 10.2 Å². The maximum Gasteiger partial charge on any atom is 0.261 e. The van der Waals surface area contributed by atoms with E-state index >= 15 is 0 Å². The Bertz CT molecular complexity index is 877. The first-order valence-electron chi connectivity index (χ1n) is 9.63. The lowest BCUT2D eigenvalue weighted by molar-refractivity contribution is -0.142. The van der Waals surface area contributed by atoms with E-state index in [0.717, 1.165) is 6.42 Å². The number of nitrogens with one attached hydrogen (secondary N) is 1. The van der Waals surface area contributed by atoms with Crippen molar-refractivity contribution in [3.8, 4) is 5.75 Å². The average molecular weight is 455 g/mol. The molecule has 162 valence electrons. The van der Waals surface area contributed by atoms with Gasteiger partial charge in [0.05, 0.1) is 5.02 Å². The molecule has 0 aliphatic heterocycles. The van der Waals surface area contributed by atoms with Crippen LogP contribution in [-0.2, 0) is 16.1 Å². The summed E-state index contributed by atoms with van der Waals surface area (Å²) in [7, 11) is 0. The zero-order valence-corrected chi connectivity index (χ0v) is 18.6. The molecule has 0 saturated carbocycles. The van der Waals surface area contributed by atoms with Crippen molar-refractivity contribution in [2.75, 3.05) is 6.61 Å². The number of carbonyl (C=O) groups is 2. The number of benzene rings is 2. The molecule has 8 heteroatoms. The number of hydrogen-bond donors (Lipinski definition) is 1. The van der Waals surface area contributed by atoms with Gasteiger partial charge in [-0.05, 0) is 56.2 Å². The van der Waals surface area contributed by atoms with Crippen molar-refractivity contribution in [1.29, 1.82) is 0 Å². The number of nitrogens with zero attached hydrogens (tertiary/aromatic N) is 1. The molecule has 0 radical (unpaired) electrons. The minimum atomic E-state index is -0.749. The van der Waals surface area contributed by atoms with Crippen LogP contribution in [-0.4, -0.2) is 35.4 Å². The minimum absolute atomic E-state index is 0.0214. The molecule has 0 fully saturated rings. The van der Waals surface area contributed by atoms with Gasteiger partial charge in [0.2, 0.25) is 5.91 Å². The highest BCUT2D eigenvalue weighted by Gasteiger charge is 2.27. The summed E-state index contributed by atoms with van der Waals surface area (Å²) < 4.78 is 18.8. The molecule has 0 unspecified atom stereocenters. The summed E-state index contributed by atoms with van der Waals surface area (Å²) in [6, 6.07) is 9.69. The molecule has 30 heavy (non-hydrogen) atoms. The first-order chi connectivity index (χ1) is 14.2. The third kappa shape index (κ3) is 6.89. The Kier molecular flexibility index (Phi) is 8.93. The van der Waals surface area contributed by atoms with Gasteiger partial charge in [-0.3, -0.25) is 9.59 Å². The second-order valence-electron chi connectivity index (χ2n) is 7.01. The summed E-state index contributed by atoms with van der Waals surface area (Å²) in [4.78, 5) is 27.0. The molecule has 2 aromatic carbocycles. The molecule has 2 aromatic rings. The first-order valence-corrected chi connectivity index (χ1v) is 10.4. The van der Waals surface area contributed by atoms with E-state index in [1.165, 1.54) is 23.1 Å². The van der Waals surface area contributed by atoms with Gasteiger partial charge in [-0.2, -0.15) is 0 Å². The van der Waals surface area contributed by atoms with Crippen LogP contribution in [0.15, 0.2) is 42.5 Å². The highest BCUT2D eigenvalue weighted by Crippen LogP contribution is 2.27. The number of carbonyl (C=O) groups excluding carboxylic acids is 2. The van der Waals surface area contributed by atoms with Gasteiger partial charge in [0.15, 0.2) is 6.61 Å². The molecular weight excluding hydrogens is 430 g/mol. The Hall–Kier alpha value is -2.31. The fraction of sp³-hybridized carbons (Fsp3) is 0.364. The lowest BCUT2D eigenvalue weighted by Gasteiger charge is -2.29. The van der Waals surface area contributed by atoms with Crippen LogP contribution >= 0.6 is 23.2 Å². The molecule has 0 heterocycles. The van der Waals surface area contributed by atoms with E-state index in [4.69, 9.17) is 27.9 Å². The predicted octanol–water partition coefficient (Wildman–Crippen LogP) is 4.84. The first kappa shape index (κ1) is 24.0. The summed E-state index contributed by atoms with van der Waals surface area (Å²) >= 11 is 12.0. The third-order valence-corrected chi connectivity index (χ3v) is 5.21. The summed E-state index contributed by atoms with van der Waals surface area (Å²) in [6.07, 6.45) is 0.766. The van der Waals surface area contributed by atoms with E-state index < -0.39 is 11.9 Å². The molecule has 2 rings (SSSR count). The van der Waals surface area contributed by atoms with E-state index in [2.05, 4.69) is 5.32 Å². The van der Waals surface area contributed by atoms with E-state index in [0.29, 0.717) is 16.3 Å². The third-order valence-electron chi connectivity index (χ3n) is 4.68. The fourth-order valence-electron chi connectivity index (χ4n) is 2.65. The van der Waals surface area contributed by atoms with Crippen LogP contribution in [0.3, 0.4) is 0 Å². The Labute approximate surface area is 186 Å². The maximum atomic E-state index is 13.2. The molecule has 0 aromatic heterocycles. The van der Waals surface area contributed by atoms with Crippen LogP contribution in [0, 0.1) is 5.82 Å². The SMILES string of the molecule is CC[C@@H](C)NC(=O)[C@H](C)N(Cc1ccc(F)cc1)C(=O)COc1ccc(Cl)cc1Cl. The minimum Gasteiger partial charge on any atom is -0.482 e. The quantitative estimate of drug-likeness (QED) is 0.589. The topological polar surface area (TPSA) is 58.6 Å². The molecule has 2 amide bonds. The monoisotopic (exact) mass is 454 g/mol. The molecule has 1 N–H and O–H groups in total. The highest BCUT2D eigenvalue weighted by atomic mass is 35.5. The van der Waals surface area contributed by atoms with Crippen LogP contribution in [0.5, 0.6) is 5.75 Å². The standard InChI is InChI=1S/C22H25Cl2FN2O3/c1-4-14(2)26-22(29)15(3)27(12-16-5-8-18(25)9-6-16)21(28)13-30-20-10-7-17(23)11-19(20)24/h5-11,14-15H,4,12-13H2,1-3H3,(H,26,29)/t14-,15+/m1/s1. The Morgan fingerprint density at radius 1 is 1.13 bits per heavy atom. The largest absolute Gasteiger partial charge is 0.482 e. The molecule has 0 bridgehead atoms. The average Bonchev–Trinajstić information content (AvgIpc) is 2.71. The van der Waals surface area contributed by atoms with E-state index in [9.17, 15) is 14.0 Å². The van der Waals surface area contributed by atoms with Gasteiger partial charge in [-0.15, -0.1) is 0 Å². The Balaban J connectivity index is 2.16. The molecule has 5 nitrogen and oxygen atoms in total. The molecule has 0 spiro atoms. The van der Waals surface area contributed by atoms with Gasteiger partial charge < -0.3 is 15.0 Å². The van der Waals surface area contributed by atoms with E-state index in [1.54, 1.807) is 31.2 Å². The van der Waals surface area contributed by atoms with Gasteiger partial charge in [0.1, 0.15) is 17.6 Å². The lowest BCUT2D eigenvalue weighted by atomic mass is 10.1. The van der Waals surface area contributed by atoms with Crippen LogP contribution in [0.2, 0.25) is 10.0 Å². The fourth-order valence-corrected chi connectivity index (χ4v) is 3.11. The summed E-state index contributed by atoms with van der Waals surface area (Å²) in [5, 5.41) is 3.61. The molecule has 2 atom stereocenters. The molecule has 0 aliphatic carbocycles. The van der Waals surface area contributed by atoms with Gasteiger partial charge in [-0.25, -0.2) is 4.39 Å². The van der Waals surface area contributed by atoms with Crippen LogP contribution in [0.25, 0.3) is 0 Å². The number of halogens is 3. The van der Waals surface area contributed by atoms with Crippen molar-refractivity contribution in [3.63, 3.8) is 0 Å². The Morgan fingerprint density at radius 3 is 2.40 bits per heavy atom. The van der Waals surface area contributed by atoms with E-state index in [1.807, 2.05) is 13.8 Å². The number of rotatable bonds is 9. The van der Waals surface area contributed by atoms with Gasteiger partial charge >= 0.3 is 0 Å². The molecule has 0 aliphatic rings. The Morgan fingerprint density at radius 2 is 1.80 bits per heavy atom. The number of ether oxygens (including phenoxy) is 1.